The van der Waals surface area contributed by atoms with Crippen molar-refractivity contribution in [2.24, 2.45) is 5.92 Å². The molecule has 0 radical (unpaired) electrons. The molecule has 0 aromatic heterocycles. The first-order valence-corrected chi connectivity index (χ1v) is 9.46. The van der Waals surface area contributed by atoms with Crippen LogP contribution in [0.15, 0.2) is 36.4 Å². The minimum absolute atomic E-state index is 0.295. The minimum Gasteiger partial charge on any atom is -0.493 e. The van der Waals surface area contributed by atoms with E-state index in [9.17, 15) is 0 Å². The number of hydrogen-bond donors (Lipinski definition) is 0. The quantitative estimate of drug-likeness (QED) is 0.363. The number of hydrogen-bond acceptors (Lipinski definition) is 2. The molecule has 0 fully saturated rings. The number of ether oxygens (including phenoxy) is 2. The van der Waals surface area contributed by atoms with E-state index < -0.39 is 0 Å². The highest BCUT2D eigenvalue weighted by Crippen LogP contribution is 2.33. The van der Waals surface area contributed by atoms with Gasteiger partial charge in [-0.2, -0.15) is 0 Å². The SMILES string of the molecule is CCC(Cl)CCCCOc1ccc(OCC(C)C)c2ccccc12. The van der Waals surface area contributed by atoms with Crippen LogP contribution in [0.1, 0.15) is 46.5 Å². The number of fused-ring (bicyclic) bond motifs is 1. The Morgan fingerprint density at radius 3 is 2.12 bits per heavy atom. The Morgan fingerprint density at radius 1 is 0.917 bits per heavy atom. The van der Waals surface area contributed by atoms with Crippen molar-refractivity contribution in [2.75, 3.05) is 13.2 Å². The van der Waals surface area contributed by atoms with Crippen molar-refractivity contribution in [1.82, 2.24) is 0 Å². The van der Waals surface area contributed by atoms with Crippen LogP contribution >= 0.6 is 11.6 Å². The second-order valence-corrected chi connectivity index (χ2v) is 7.28. The highest BCUT2D eigenvalue weighted by Gasteiger charge is 2.08. The monoisotopic (exact) mass is 348 g/mol. The third-order valence-corrected chi connectivity index (χ3v) is 4.56. The fourth-order valence-corrected chi connectivity index (χ4v) is 2.76. The zero-order valence-corrected chi connectivity index (χ0v) is 15.8. The lowest BCUT2D eigenvalue weighted by Crippen LogP contribution is -2.05. The fraction of sp³-hybridized carbons (Fsp3) is 0.524. The summed E-state index contributed by atoms with van der Waals surface area (Å²) in [6.45, 7) is 7.89. The van der Waals surface area contributed by atoms with Crippen LogP contribution in [0, 0.1) is 5.92 Å². The van der Waals surface area contributed by atoms with E-state index in [1.165, 1.54) is 0 Å². The molecule has 1 unspecified atom stereocenters. The Labute approximate surface area is 151 Å². The topological polar surface area (TPSA) is 18.5 Å². The molecule has 0 saturated heterocycles. The van der Waals surface area contributed by atoms with E-state index in [1.54, 1.807) is 0 Å². The van der Waals surface area contributed by atoms with Crippen LogP contribution in [0.25, 0.3) is 10.8 Å². The molecule has 24 heavy (non-hydrogen) atoms. The van der Waals surface area contributed by atoms with Gasteiger partial charge in [0.05, 0.1) is 13.2 Å². The molecule has 2 nitrogen and oxygen atoms in total. The molecule has 0 aliphatic heterocycles. The van der Waals surface area contributed by atoms with Gasteiger partial charge in [0.1, 0.15) is 11.5 Å². The molecular formula is C21H29ClO2. The lowest BCUT2D eigenvalue weighted by molar-refractivity contribution is 0.273. The zero-order valence-electron chi connectivity index (χ0n) is 15.1. The Hall–Kier alpha value is -1.41. The average molecular weight is 349 g/mol. The number of benzene rings is 2. The summed E-state index contributed by atoms with van der Waals surface area (Å²) in [6, 6.07) is 12.3. The lowest BCUT2D eigenvalue weighted by Gasteiger charge is -2.14. The maximum Gasteiger partial charge on any atom is 0.127 e. The van der Waals surface area contributed by atoms with E-state index in [0.717, 1.165) is 61.2 Å². The summed E-state index contributed by atoms with van der Waals surface area (Å²) in [7, 11) is 0. The third-order valence-electron chi connectivity index (χ3n) is 4.03. The summed E-state index contributed by atoms with van der Waals surface area (Å²) in [6.07, 6.45) is 4.23. The number of rotatable bonds is 10. The number of halogens is 1. The molecule has 2 rings (SSSR count). The van der Waals surface area contributed by atoms with Gasteiger partial charge in [0, 0.05) is 16.1 Å². The van der Waals surface area contributed by atoms with E-state index in [1.807, 2.05) is 24.3 Å². The highest BCUT2D eigenvalue weighted by atomic mass is 35.5. The Kier molecular flexibility index (Phi) is 7.71. The van der Waals surface area contributed by atoms with Crippen molar-refractivity contribution in [3.05, 3.63) is 36.4 Å². The summed E-state index contributed by atoms with van der Waals surface area (Å²) < 4.78 is 12.0. The van der Waals surface area contributed by atoms with Gasteiger partial charge in [-0.05, 0) is 43.7 Å². The molecule has 3 heteroatoms. The standard InChI is InChI=1S/C21H29ClO2/c1-4-17(22)9-7-8-14-23-20-12-13-21(24-15-16(2)3)19-11-6-5-10-18(19)20/h5-6,10-13,16-17H,4,7-9,14-15H2,1-3H3. The van der Waals surface area contributed by atoms with Gasteiger partial charge in [0.25, 0.3) is 0 Å². The van der Waals surface area contributed by atoms with Gasteiger partial charge in [-0.15, -0.1) is 11.6 Å². The Morgan fingerprint density at radius 2 is 1.54 bits per heavy atom. The van der Waals surface area contributed by atoms with Crippen LogP contribution in [-0.4, -0.2) is 18.6 Å². The fourth-order valence-electron chi connectivity index (χ4n) is 2.61. The molecule has 0 N–H and O–H groups in total. The third kappa shape index (κ3) is 5.59. The molecule has 0 heterocycles. The average Bonchev–Trinajstić information content (AvgIpc) is 2.59. The number of alkyl halides is 1. The van der Waals surface area contributed by atoms with Gasteiger partial charge in [-0.25, -0.2) is 0 Å². The van der Waals surface area contributed by atoms with Gasteiger partial charge in [0.15, 0.2) is 0 Å². The summed E-state index contributed by atoms with van der Waals surface area (Å²) in [5, 5.41) is 2.52. The molecule has 0 bridgehead atoms. The van der Waals surface area contributed by atoms with Crippen LogP contribution in [-0.2, 0) is 0 Å². The van der Waals surface area contributed by atoms with E-state index in [-0.39, 0.29) is 0 Å². The van der Waals surface area contributed by atoms with Gasteiger partial charge in [-0.3, -0.25) is 0 Å². The van der Waals surface area contributed by atoms with Gasteiger partial charge >= 0.3 is 0 Å². The smallest absolute Gasteiger partial charge is 0.127 e. The largest absolute Gasteiger partial charge is 0.493 e. The summed E-state index contributed by atoms with van der Waals surface area (Å²) in [5.74, 6) is 2.37. The van der Waals surface area contributed by atoms with E-state index >= 15 is 0 Å². The van der Waals surface area contributed by atoms with Crippen LogP contribution in [0.5, 0.6) is 11.5 Å². The van der Waals surface area contributed by atoms with Crippen molar-refractivity contribution in [3.63, 3.8) is 0 Å². The van der Waals surface area contributed by atoms with Gasteiger partial charge in [-0.1, -0.05) is 45.0 Å². The Balaban J connectivity index is 1.99. The Bertz CT molecular complexity index is 624. The first-order chi connectivity index (χ1) is 11.6. The van der Waals surface area contributed by atoms with Crippen LogP contribution in [0.3, 0.4) is 0 Å². The van der Waals surface area contributed by atoms with Crippen LogP contribution in [0.2, 0.25) is 0 Å². The predicted octanol–water partition coefficient (Wildman–Crippen LogP) is 6.44. The van der Waals surface area contributed by atoms with Crippen molar-refractivity contribution in [2.45, 2.75) is 51.8 Å². The van der Waals surface area contributed by atoms with E-state index in [4.69, 9.17) is 21.1 Å². The van der Waals surface area contributed by atoms with Crippen molar-refractivity contribution in [3.8, 4) is 11.5 Å². The maximum absolute atomic E-state index is 6.15. The molecular weight excluding hydrogens is 320 g/mol. The predicted molar refractivity (Wildman–Crippen MR) is 104 cm³/mol. The van der Waals surface area contributed by atoms with E-state index in [0.29, 0.717) is 11.3 Å². The number of unbranched alkanes of at least 4 members (excludes halogenated alkanes) is 1. The van der Waals surface area contributed by atoms with Crippen molar-refractivity contribution < 1.29 is 9.47 Å². The van der Waals surface area contributed by atoms with Crippen LogP contribution in [0.4, 0.5) is 0 Å². The molecule has 2 aromatic carbocycles. The van der Waals surface area contributed by atoms with Gasteiger partial charge in [0.2, 0.25) is 0 Å². The van der Waals surface area contributed by atoms with Gasteiger partial charge < -0.3 is 9.47 Å². The summed E-state index contributed by atoms with van der Waals surface area (Å²) in [5.41, 5.74) is 0. The molecule has 0 amide bonds. The lowest BCUT2D eigenvalue weighted by atomic mass is 10.1. The van der Waals surface area contributed by atoms with E-state index in [2.05, 4.69) is 32.9 Å². The highest BCUT2D eigenvalue weighted by molar-refractivity contribution is 6.20. The molecule has 0 spiro atoms. The normalized spacial score (nSPS) is 12.5. The first-order valence-electron chi connectivity index (χ1n) is 9.03. The minimum atomic E-state index is 0.295. The second kappa shape index (κ2) is 9.78. The molecule has 0 saturated carbocycles. The zero-order chi connectivity index (χ0) is 17.4. The molecule has 1 atom stereocenters. The maximum atomic E-state index is 6.15. The summed E-state index contributed by atoms with van der Waals surface area (Å²) in [4.78, 5) is 0. The first kappa shape index (κ1) is 18.9. The molecule has 0 aliphatic carbocycles. The molecule has 2 aromatic rings. The van der Waals surface area contributed by atoms with Crippen LogP contribution < -0.4 is 9.47 Å². The molecule has 0 aliphatic rings. The second-order valence-electron chi connectivity index (χ2n) is 6.66. The molecule has 132 valence electrons. The van der Waals surface area contributed by atoms with Crippen molar-refractivity contribution >= 4 is 22.4 Å². The van der Waals surface area contributed by atoms with Crippen molar-refractivity contribution in [1.29, 1.82) is 0 Å². The summed E-state index contributed by atoms with van der Waals surface area (Å²) >= 11 is 6.15.